The van der Waals surface area contributed by atoms with E-state index in [-0.39, 0.29) is 28.6 Å². The molecule has 2 aromatic heterocycles. The van der Waals surface area contributed by atoms with Gasteiger partial charge in [-0.2, -0.15) is 5.10 Å². The van der Waals surface area contributed by atoms with Crippen LogP contribution >= 0.6 is 0 Å². The van der Waals surface area contributed by atoms with Gasteiger partial charge in [0, 0.05) is 49.7 Å². The van der Waals surface area contributed by atoms with Crippen molar-refractivity contribution in [2.75, 3.05) is 38.1 Å². The van der Waals surface area contributed by atoms with Gasteiger partial charge in [0.05, 0.1) is 34.2 Å². The minimum absolute atomic E-state index is 0.0823. The summed E-state index contributed by atoms with van der Waals surface area (Å²) in [6.45, 7) is 6.70. The van der Waals surface area contributed by atoms with Crippen molar-refractivity contribution in [1.29, 1.82) is 0 Å². The van der Waals surface area contributed by atoms with Gasteiger partial charge in [-0.15, -0.1) is 0 Å². The monoisotopic (exact) mass is 537 g/mol. The number of carbonyl (C=O) groups is 1. The van der Waals surface area contributed by atoms with Crippen molar-refractivity contribution >= 4 is 22.5 Å². The van der Waals surface area contributed by atoms with E-state index < -0.39 is 23.4 Å². The number of hydrogen-bond donors (Lipinski definition) is 3. The molecule has 1 fully saturated rings. The van der Waals surface area contributed by atoms with E-state index in [1.165, 1.54) is 30.5 Å². The lowest BCUT2D eigenvalue weighted by Gasteiger charge is -2.35. The van der Waals surface area contributed by atoms with Crippen LogP contribution in [0.5, 0.6) is 0 Å². The molecule has 0 atom stereocenters. The normalized spacial score (nSPS) is 14.5. The molecule has 0 bridgehead atoms. The molecule has 0 spiro atoms. The third kappa shape index (κ3) is 5.19. The molecule has 1 aliphatic rings. The van der Waals surface area contributed by atoms with Crippen molar-refractivity contribution in [2.45, 2.75) is 26.4 Å². The van der Waals surface area contributed by atoms with Crippen molar-refractivity contribution < 1.29 is 18.0 Å². The summed E-state index contributed by atoms with van der Waals surface area (Å²) in [4.78, 5) is 20.2. The predicted molar refractivity (Wildman–Crippen MR) is 145 cm³/mol. The van der Waals surface area contributed by atoms with Gasteiger partial charge >= 0.3 is 0 Å². The Kier molecular flexibility index (Phi) is 7.28. The minimum atomic E-state index is -0.870. The quantitative estimate of drug-likeness (QED) is 0.329. The van der Waals surface area contributed by atoms with E-state index in [1.54, 1.807) is 6.07 Å². The Bertz CT molecular complexity index is 1520. The number of aromatic nitrogens is 3. The van der Waals surface area contributed by atoms with E-state index in [0.29, 0.717) is 60.4 Å². The standard InChI is InChI=1S/C28H30F3N7O/c1-15(2)33-13-16-10-20(29)24(21(30)11-16)22-12-19-23(14-34-22)35-36-26(19)18-5-4-17(28(32)39)25(31)27(18)38-8-6-37(3)7-9-38/h4-5,10-12,14-15,33H,6-9,13H2,1-3H3,(H2,32,39)(H,35,36). The number of aromatic amines is 1. The van der Waals surface area contributed by atoms with Crippen molar-refractivity contribution in [2.24, 2.45) is 5.73 Å². The lowest BCUT2D eigenvalue weighted by Crippen LogP contribution is -2.45. The molecule has 1 amide bonds. The number of hydrogen-bond acceptors (Lipinski definition) is 6. The lowest BCUT2D eigenvalue weighted by atomic mass is 9.99. The van der Waals surface area contributed by atoms with Crippen LogP contribution in [0.3, 0.4) is 0 Å². The average Bonchev–Trinajstić information content (AvgIpc) is 3.30. The predicted octanol–water partition coefficient (Wildman–Crippen LogP) is 4.06. The molecule has 11 heteroatoms. The molecule has 1 saturated heterocycles. The van der Waals surface area contributed by atoms with Crippen LogP contribution in [-0.4, -0.2) is 65.3 Å². The molecule has 39 heavy (non-hydrogen) atoms. The van der Waals surface area contributed by atoms with Crippen LogP contribution in [0.25, 0.3) is 33.4 Å². The summed E-state index contributed by atoms with van der Waals surface area (Å²) in [5, 5.41) is 10.9. The molecule has 8 nitrogen and oxygen atoms in total. The molecule has 4 N–H and O–H groups in total. The van der Waals surface area contributed by atoms with Gasteiger partial charge in [0.25, 0.3) is 5.91 Å². The number of nitrogens with zero attached hydrogens (tertiary/aromatic N) is 4. The first-order valence-corrected chi connectivity index (χ1v) is 12.8. The fraction of sp³-hybridized carbons (Fsp3) is 0.321. The maximum Gasteiger partial charge on any atom is 0.251 e. The fourth-order valence-electron chi connectivity index (χ4n) is 4.84. The number of amides is 1. The Morgan fingerprint density at radius 2 is 1.79 bits per heavy atom. The molecule has 4 aromatic rings. The number of fused-ring (bicyclic) bond motifs is 1. The van der Waals surface area contributed by atoms with Crippen LogP contribution in [0.2, 0.25) is 0 Å². The Labute approximate surface area is 224 Å². The number of nitrogens with one attached hydrogen (secondary N) is 2. The van der Waals surface area contributed by atoms with E-state index in [9.17, 15) is 4.79 Å². The first-order valence-electron chi connectivity index (χ1n) is 12.8. The molecule has 5 rings (SSSR count). The first-order chi connectivity index (χ1) is 18.6. The van der Waals surface area contributed by atoms with Gasteiger partial charge in [-0.3, -0.25) is 14.9 Å². The van der Waals surface area contributed by atoms with Crippen LogP contribution in [-0.2, 0) is 6.54 Å². The van der Waals surface area contributed by atoms with Crippen LogP contribution in [0, 0.1) is 17.5 Å². The van der Waals surface area contributed by atoms with Gasteiger partial charge in [-0.25, -0.2) is 13.2 Å². The summed E-state index contributed by atoms with van der Waals surface area (Å²) in [7, 11) is 1.98. The summed E-state index contributed by atoms with van der Waals surface area (Å²) in [5.41, 5.74) is 7.06. The largest absolute Gasteiger partial charge is 0.366 e. The number of nitrogens with two attached hydrogens (primary N) is 1. The minimum Gasteiger partial charge on any atom is -0.366 e. The second-order valence-corrected chi connectivity index (χ2v) is 10.1. The zero-order valence-electron chi connectivity index (χ0n) is 22.0. The molecule has 2 aromatic carbocycles. The van der Waals surface area contributed by atoms with Gasteiger partial charge in [0.1, 0.15) is 17.3 Å². The van der Waals surface area contributed by atoms with E-state index in [4.69, 9.17) is 5.73 Å². The highest BCUT2D eigenvalue weighted by molar-refractivity contribution is 6.01. The molecule has 0 aliphatic carbocycles. The van der Waals surface area contributed by atoms with Gasteiger partial charge in [-0.05, 0) is 42.9 Å². The van der Waals surface area contributed by atoms with Crippen molar-refractivity contribution in [1.82, 2.24) is 25.4 Å². The van der Waals surface area contributed by atoms with Crippen LogP contribution in [0.15, 0.2) is 36.5 Å². The van der Waals surface area contributed by atoms with Gasteiger partial charge in [0.15, 0.2) is 5.82 Å². The number of primary amides is 1. The number of carbonyl (C=O) groups excluding carboxylic acids is 1. The highest BCUT2D eigenvalue weighted by Gasteiger charge is 2.27. The molecular weight excluding hydrogens is 507 g/mol. The SMILES string of the molecule is CC(C)NCc1cc(F)c(-c2cc3c(-c4ccc(C(N)=O)c(F)c4N4CCN(C)CC4)n[nH]c3cn2)c(F)c1. The van der Waals surface area contributed by atoms with Crippen LogP contribution < -0.4 is 16.0 Å². The molecule has 1 aliphatic heterocycles. The van der Waals surface area contributed by atoms with Crippen LogP contribution in [0.1, 0.15) is 29.8 Å². The highest BCUT2D eigenvalue weighted by atomic mass is 19.1. The number of pyridine rings is 1. The summed E-state index contributed by atoms with van der Waals surface area (Å²) < 4.78 is 46.0. The summed E-state index contributed by atoms with van der Waals surface area (Å²) in [6.07, 6.45) is 1.44. The zero-order chi connectivity index (χ0) is 27.8. The van der Waals surface area contributed by atoms with Gasteiger partial charge < -0.3 is 20.9 Å². The lowest BCUT2D eigenvalue weighted by molar-refractivity contribution is 0.0996. The zero-order valence-corrected chi connectivity index (χ0v) is 22.0. The van der Waals surface area contributed by atoms with Crippen molar-refractivity contribution in [3.63, 3.8) is 0 Å². The fourth-order valence-corrected chi connectivity index (χ4v) is 4.84. The van der Waals surface area contributed by atoms with Gasteiger partial charge in [0.2, 0.25) is 0 Å². The molecule has 0 saturated carbocycles. The number of benzene rings is 2. The topological polar surface area (TPSA) is 103 Å². The Hall–Kier alpha value is -3.96. The molecule has 0 unspecified atom stereocenters. The van der Waals surface area contributed by atoms with Gasteiger partial charge in [-0.1, -0.05) is 13.8 Å². The second-order valence-electron chi connectivity index (χ2n) is 10.1. The summed E-state index contributed by atoms with van der Waals surface area (Å²) in [6, 6.07) is 7.22. The van der Waals surface area contributed by atoms with Crippen molar-refractivity contribution in [3.8, 4) is 22.5 Å². The highest BCUT2D eigenvalue weighted by Crippen LogP contribution is 2.39. The third-order valence-corrected chi connectivity index (χ3v) is 6.98. The Balaban J connectivity index is 1.62. The number of anilines is 1. The maximum atomic E-state index is 15.7. The smallest absolute Gasteiger partial charge is 0.251 e. The molecule has 3 heterocycles. The summed E-state index contributed by atoms with van der Waals surface area (Å²) >= 11 is 0. The summed E-state index contributed by atoms with van der Waals surface area (Å²) in [5.74, 6) is -3.06. The first kappa shape index (κ1) is 26.6. The number of piperazine rings is 1. The maximum absolute atomic E-state index is 15.7. The number of rotatable bonds is 7. The second kappa shape index (κ2) is 10.7. The van der Waals surface area contributed by atoms with E-state index in [0.717, 1.165) is 0 Å². The average molecular weight is 538 g/mol. The van der Waals surface area contributed by atoms with E-state index >= 15 is 13.2 Å². The van der Waals surface area contributed by atoms with Crippen LogP contribution in [0.4, 0.5) is 18.9 Å². The third-order valence-electron chi connectivity index (χ3n) is 6.98. The number of halogens is 3. The number of likely N-dealkylation sites (N-methyl/N-ethyl adjacent to an activating group) is 1. The van der Waals surface area contributed by atoms with Crippen molar-refractivity contribution in [3.05, 3.63) is 65.1 Å². The molecule has 0 radical (unpaired) electrons. The Morgan fingerprint density at radius 1 is 1.10 bits per heavy atom. The van der Waals surface area contributed by atoms with E-state index in [2.05, 4.69) is 25.4 Å². The Morgan fingerprint density at radius 3 is 2.44 bits per heavy atom. The van der Waals surface area contributed by atoms with E-state index in [1.807, 2.05) is 25.8 Å². The number of H-pyrrole nitrogens is 1. The molecule has 204 valence electrons. The molecular formula is C28H30F3N7O.